The van der Waals surface area contributed by atoms with Crippen LogP contribution < -0.4 is 4.90 Å². The van der Waals surface area contributed by atoms with Crippen molar-refractivity contribution in [3.05, 3.63) is 83.6 Å². The SMILES string of the molecule is COCCOCCOCCOCCOCCC1(C)C(/C=C/C=C2/N(CCCCCC(=O)O)c3ccc4c(S(=O)(=O)[O-])cc(S(=O)(=O)[O-])cc4c3C2(C)CCOCCOCCOCCOCCOC)=[N+](CCCS(=O)(=O)O)c2ccc3c(S(=O)(=O)[O-])cc(S(=O)(=O)[O-])cc3c21. The fourth-order valence-corrected chi connectivity index (χ4v) is 14.5. The summed E-state index contributed by atoms with van der Waals surface area (Å²) in [5, 5.41) is 8.82. The number of anilines is 1. The van der Waals surface area contributed by atoms with E-state index in [1.807, 2.05) is 4.90 Å². The van der Waals surface area contributed by atoms with E-state index in [0.717, 1.165) is 12.1 Å². The highest BCUT2D eigenvalue weighted by molar-refractivity contribution is 7.87. The fraction of sp³-hybridized carbons (Fsp3) is 0.567. The molecule has 2 N–H and O–H groups in total. The van der Waals surface area contributed by atoms with Gasteiger partial charge in [-0.25, -0.2) is 33.7 Å². The number of benzene rings is 4. The van der Waals surface area contributed by atoms with E-state index < -0.39 is 92.7 Å². The molecular formula is C60H81N2O27S5-3. The van der Waals surface area contributed by atoms with E-state index in [0.29, 0.717) is 94.9 Å². The third kappa shape index (κ3) is 21.7. The van der Waals surface area contributed by atoms with Crippen LogP contribution in [-0.4, -0.2) is 238 Å². The van der Waals surface area contributed by atoms with E-state index >= 15 is 0 Å². The van der Waals surface area contributed by atoms with Crippen molar-refractivity contribution in [2.45, 2.75) is 89.2 Å². The van der Waals surface area contributed by atoms with E-state index in [2.05, 4.69) is 0 Å². The van der Waals surface area contributed by atoms with Crippen LogP contribution in [0.2, 0.25) is 0 Å². The van der Waals surface area contributed by atoms with Crippen molar-refractivity contribution < 1.29 is 127 Å². The molecule has 0 aliphatic carbocycles. The van der Waals surface area contributed by atoms with E-state index in [-0.39, 0.29) is 150 Å². The summed E-state index contributed by atoms with van der Waals surface area (Å²) in [6, 6.07) is 8.49. The molecule has 0 aromatic heterocycles. The summed E-state index contributed by atoms with van der Waals surface area (Å²) in [5.41, 5.74) is -0.940. The van der Waals surface area contributed by atoms with Crippen molar-refractivity contribution >= 4 is 95.2 Å². The van der Waals surface area contributed by atoms with Gasteiger partial charge in [0.15, 0.2) is 5.71 Å². The highest BCUT2D eigenvalue weighted by Crippen LogP contribution is 2.54. The second-order valence-electron chi connectivity index (χ2n) is 22.3. The number of unbranched alkanes of at least 4 members (excludes halogenated alkanes) is 2. The van der Waals surface area contributed by atoms with Crippen molar-refractivity contribution in [1.82, 2.24) is 0 Å². The van der Waals surface area contributed by atoms with Crippen molar-refractivity contribution in [2.75, 3.05) is 157 Å². The Balaban J connectivity index is 1.49. The summed E-state index contributed by atoms with van der Waals surface area (Å²) in [6.45, 7) is 7.52. The maximum absolute atomic E-state index is 13.0. The predicted molar refractivity (Wildman–Crippen MR) is 335 cm³/mol. The van der Waals surface area contributed by atoms with Gasteiger partial charge in [0.2, 0.25) is 5.69 Å². The minimum absolute atomic E-state index is 0.0178. The number of carboxylic acids is 1. The van der Waals surface area contributed by atoms with Gasteiger partial charge >= 0.3 is 5.97 Å². The number of carbonyl (C=O) groups is 1. The standard InChI is InChI=1S/C60H84N2O27S5/c1-59(17-21-82-27-29-86-35-37-88-33-31-84-25-23-80-3)54(61(19-7-5-6-12-56(63)64)50-15-13-46-48(57(50)59)40-44(91(68,69)70)42-52(46)93(74,75)76)10-8-11-55-60(2,18-22-83-28-30-87-36-38-89-34-32-85-26-24-81-4)58-49-41-45(92(71,72)73)43-53(94(77,78)79)47(49)14-16-51(58)62(55)20-9-39-90(65,66)67/h8,10-11,13-16,40-43H,5-7,9,12,17-39H2,1-4H3,(H5-,63,64,65,66,67,68,69,70,71,72,73,74,75,76,77,78,79)/p-3. The van der Waals surface area contributed by atoms with Crippen LogP contribution in [0.25, 0.3) is 21.5 Å². The zero-order chi connectivity index (χ0) is 69.0. The number of aliphatic carboxylic acids is 1. The molecule has 2 aliphatic rings. The van der Waals surface area contributed by atoms with Gasteiger partial charge in [-0.2, -0.15) is 13.0 Å². The van der Waals surface area contributed by atoms with Crippen molar-refractivity contribution in [3.8, 4) is 0 Å². The summed E-state index contributed by atoms with van der Waals surface area (Å²) in [7, 11) is -23.3. The maximum Gasteiger partial charge on any atom is 0.303 e. The second kappa shape index (κ2) is 35.5. The monoisotopic (exact) mass is 1420 g/mol. The number of methoxy groups -OCH3 is 2. The zero-order valence-corrected chi connectivity index (χ0v) is 56.8. The van der Waals surface area contributed by atoms with E-state index in [1.54, 1.807) is 50.9 Å². The molecule has 0 saturated carbocycles. The lowest BCUT2D eigenvalue weighted by Crippen LogP contribution is -2.33. The molecule has 0 amide bonds. The van der Waals surface area contributed by atoms with Gasteiger partial charge < -0.3 is 75.6 Å². The Kier molecular flexibility index (Phi) is 29.4. The van der Waals surface area contributed by atoms with Gasteiger partial charge in [0.25, 0.3) is 10.1 Å². The Bertz CT molecular complexity index is 3940. The summed E-state index contributed by atoms with van der Waals surface area (Å²) >= 11 is 0. The zero-order valence-electron chi connectivity index (χ0n) is 52.7. The minimum Gasteiger partial charge on any atom is -0.744 e. The van der Waals surface area contributed by atoms with Crippen LogP contribution in [-0.2, 0) is 114 Å². The number of hydrogen-bond donors (Lipinski definition) is 2. The number of allylic oxidation sites excluding steroid dienone is 4. The third-order valence-corrected chi connectivity index (χ3v) is 19.9. The number of hydrogen-bond acceptors (Lipinski definition) is 26. The average Bonchev–Trinajstić information content (AvgIpc) is 1.53. The molecule has 2 unspecified atom stereocenters. The van der Waals surface area contributed by atoms with Gasteiger partial charge in [0.1, 0.15) is 47.0 Å². The van der Waals surface area contributed by atoms with Gasteiger partial charge in [-0.15, -0.1) is 0 Å². The third-order valence-electron chi connectivity index (χ3n) is 15.8. The Labute approximate surface area is 548 Å². The quantitative estimate of drug-likeness (QED) is 0.0353. The molecule has 0 saturated heterocycles. The summed E-state index contributed by atoms with van der Waals surface area (Å²) in [4.78, 5) is 9.41. The fourth-order valence-electron chi connectivity index (χ4n) is 11.4. The van der Waals surface area contributed by atoms with E-state index in [1.165, 1.54) is 24.3 Å². The number of rotatable bonds is 46. The van der Waals surface area contributed by atoms with Crippen LogP contribution in [0.15, 0.2) is 92.0 Å². The normalized spacial score (nSPS) is 17.6. The maximum atomic E-state index is 13.0. The first kappa shape index (κ1) is 78.0. The molecule has 0 bridgehead atoms. The molecule has 94 heavy (non-hydrogen) atoms. The summed E-state index contributed by atoms with van der Waals surface area (Å²) in [6.07, 6.45) is 5.54. The Morgan fingerprint density at radius 1 is 0.521 bits per heavy atom. The number of nitrogens with zero attached hydrogens (tertiary/aromatic N) is 2. The lowest BCUT2D eigenvalue weighted by molar-refractivity contribution is -0.437. The molecule has 2 heterocycles. The van der Waals surface area contributed by atoms with Crippen molar-refractivity contribution in [3.63, 3.8) is 0 Å². The van der Waals surface area contributed by atoms with Crippen LogP contribution in [0.1, 0.15) is 69.9 Å². The first-order valence-electron chi connectivity index (χ1n) is 30.0. The van der Waals surface area contributed by atoms with Crippen molar-refractivity contribution in [1.29, 1.82) is 0 Å². The average molecular weight is 1420 g/mol. The van der Waals surface area contributed by atoms with Gasteiger partial charge in [-0.05, 0) is 104 Å². The number of ether oxygens (including phenoxy) is 10. The van der Waals surface area contributed by atoms with E-state index in [9.17, 15) is 74.8 Å². The van der Waals surface area contributed by atoms with E-state index in [4.69, 9.17) is 47.4 Å². The highest BCUT2D eigenvalue weighted by Gasteiger charge is 2.50. The van der Waals surface area contributed by atoms with Gasteiger partial charge in [0.05, 0.1) is 136 Å². The van der Waals surface area contributed by atoms with Gasteiger partial charge in [-0.1, -0.05) is 18.6 Å². The largest absolute Gasteiger partial charge is 0.744 e. The molecule has 0 radical (unpaired) electrons. The van der Waals surface area contributed by atoms with Crippen LogP contribution in [0.5, 0.6) is 0 Å². The molecule has 526 valence electrons. The first-order valence-corrected chi connectivity index (χ1v) is 37.3. The summed E-state index contributed by atoms with van der Waals surface area (Å²) in [5.74, 6) is -1.77. The van der Waals surface area contributed by atoms with Crippen LogP contribution in [0.4, 0.5) is 11.4 Å². The predicted octanol–water partition coefficient (Wildman–Crippen LogP) is 4.31. The first-order chi connectivity index (χ1) is 44.4. The lowest BCUT2D eigenvalue weighted by Gasteiger charge is -2.31. The van der Waals surface area contributed by atoms with Crippen molar-refractivity contribution in [2.24, 2.45) is 0 Å². The van der Waals surface area contributed by atoms with Gasteiger partial charge in [-0.3, -0.25) is 9.35 Å². The second-order valence-corrected chi connectivity index (χ2v) is 29.3. The number of carboxylic acid groups (broad SMARTS) is 1. The molecule has 2 aliphatic heterocycles. The molecule has 6 rings (SSSR count). The molecule has 4 aromatic rings. The summed E-state index contributed by atoms with van der Waals surface area (Å²) < 4.78 is 246. The Morgan fingerprint density at radius 3 is 1.37 bits per heavy atom. The molecule has 0 spiro atoms. The Morgan fingerprint density at radius 2 is 0.947 bits per heavy atom. The Hall–Kier alpha value is -5.03. The highest BCUT2D eigenvalue weighted by atomic mass is 32.2. The molecular weight excluding hydrogens is 1340 g/mol. The molecule has 34 heteroatoms. The molecule has 4 aromatic carbocycles. The van der Waals surface area contributed by atoms with Gasteiger partial charge in [0, 0.05) is 86.7 Å². The minimum atomic E-state index is -5.49. The molecule has 2 atom stereocenters. The van der Waals surface area contributed by atoms with Crippen LogP contribution >= 0.6 is 0 Å². The molecule has 29 nitrogen and oxygen atoms in total. The van der Waals surface area contributed by atoms with Crippen LogP contribution in [0.3, 0.4) is 0 Å². The van der Waals surface area contributed by atoms with Crippen LogP contribution in [0, 0.1) is 0 Å². The topological polar surface area (TPSA) is 419 Å². The smallest absolute Gasteiger partial charge is 0.303 e. The lowest BCUT2D eigenvalue weighted by atomic mass is 9.74. The number of fused-ring (bicyclic) bond motifs is 6. The molecule has 0 fully saturated rings.